The summed E-state index contributed by atoms with van der Waals surface area (Å²) in [5, 5.41) is 2.37. The number of hydrogen-bond donors (Lipinski definition) is 1. The first-order valence-electron chi connectivity index (χ1n) is 8.33. The lowest BCUT2D eigenvalue weighted by Crippen LogP contribution is -2.61. The van der Waals surface area contributed by atoms with Gasteiger partial charge in [0.2, 0.25) is 5.91 Å². The number of rotatable bonds is 9. The lowest BCUT2D eigenvalue weighted by Gasteiger charge is -2.31. The molecule has 8 heteroatoms. The van der Waals surface area contributed by atoms with Gasteiger partial charge in [0, 0.05) is 12.5 Å². The van der Waals surface area contributed by atoms with Gasteiger partial charge in [-0.15, -0.1) is 0 Å². The van der Waals surface area contributed by atoms with Crippen LogP contribution in [0, 0.1) is 0 Å². The number of hydrogen-bond acceptors (Lipinski definition) is 7. The fourth-order valence-corrected chi connectivity index (χ4v) is 2.49. The van der Waals surface area contributed by atoms with Crippen LogP contribution in [0.2, 0.25) is 0 Å². The van der Waals surface area contributed by atoms with E-state index < -0.39 is 23.4 Å². The Labute approximate surface area is 158 Å². The third-order valence-corrected chi connectivity index (χ3v) is 3.71. The largest absolute Gasteiger partial charge is 0.493 e. The zero-order valence-electron chi connectivity index (χ0n) is 16.2. The lowest BCUT2D eigenvalue weighted by molar-refractivity contribution is -0.163. The van der Waals surface area contributed by atoms with E-state index in [1.165, 1.54) is 27.2 Å². The maximum absolute atomic E-state index is 12.8. The van der Waals surface area contributed by atoms with Crippen LogP contribution in [-0.4, -0.2) is 50.8 Å². The molecule has 1 amide bonds. The highest BCUT2D eigenvalue weighted by Crippen LogP contribution is 2.35. The van der Waals surface area contributed by atoms with E-state index in [0.717, 1.165) is 0 Å². The van der Waals surface area contributed by atoms with Gasteiger partial charge < -0.3 is 24.3 Å². The Morgan fingerprint density at radius 1 is 1.00 bits per heavy atom. The van der Waals surface area contributed by atoms with Crippen LogP contribution in [0.3, 0.4) is 0 Å². The summed E-state index contributed by atoms with van der Waals surface area (Å²) in [6.07, 6.45) is 0. The molecular weight excluding hydrogens is 354 g/mol. The number of carbonyl (C=O) groups excluding carboxylic acids is 3. The van der Waals surface area contributed by atoms with Crippen LogP contribution in [0.1, 0.15) is 26.3 Å². The van der Waals surface area contributed by atoms with Crippen molar-refractivity contribution < 1.29 is 33.3 Å². The first-order chi connectivity index (χ1) is 12.8. The Morgan fingerprint density at radius 2 is 1.52 bits per heavy atom. The maximum atomic E-state index is 12.8. The lowest BCUT2D eigenvalue weighted by atomic mass is 9.85. The molecule has 0 heterocycles. The van der Waals surface area contributed by atoms with Gasteiger partial charge in [-0.1, -0.05) is 12.6 Å². The zero-order chi connectivity index (χ0) is 20.6. The van der Waals surface area contributed by atoms with Crippen LogP contribution >= 0.6 is 0 Å². The molecule has 0 aliphatic rings. The van der Waals surface area contributed by atoms with Gasteiger partial charge in [-0.2, -0.15) is 0 Å². The molecule has 0 aromatic heterocycles. The molecule has 0 unspecified atom stereocenters. The second-order valence-electron chi connectivity index (χ2n) is 5.42. The Balaban J connectivity index is 3.60. The number of carbonyl (C=O) groups is 3. The summed E-state index contributed by atoms with van der Waals surface area (Å²) in [6, 6.07) is 4.71. The maximum Gasteiger partial charge on any atom is 0.348 e. The van der Waals surface area contributed by atoms with E-state index in [1.807, 2.05) is 0 Å². The molecule has 0 spiro atoms. The van der Waals surface area contributed by atoms with E-state index in [9.17, 15) is 14.4 Å². The van der Waals surface area contributed by atoms with Crippen LogP contribution in [0.25, 0.3) is 5.57 Å². The fraction of sp³-hybridized carbons (Fsp3) is 0.421. The molecule has 0 saturated heterocycles. The molecule has 0 bridgehead atoms. The Kier molecular flexibility index (Phi) is 7.83. The van der Waals surface area contributed by atoms with Crippen LogP contribution in [0.4, 0.5) is 0 Å². The van der Waals surface area contributed by atoms with E-state index in [1.54, 1.807) is 26.0 Å². The predicted molar refractivity (Wildman–Crippen MR) is 98.4 cm³/mol. The molecule has 1 rings (SSSR count). The van der Waals surface area contributed by atoms with Gasteiger partial charge in [-0.25, -0.2) is 9.59 Å². The second kappa shape index (κ2) is 9.61. The number of esters is 2. The minimum Gasteiger partial charge on any atom is -0.493 e. The molecule has 0 radical (unpaired) electrons. The molecule has 1 aromatic rings. The summed E-state index contributed by atoms with van der Waals surface area (Å²) in [5.74, 6) is -1.79. The van der Waals surface area contributed by atoms with Crippen LogP contribution in [0.5, 0.6) is 11.5 Å². The summed E-state index contributed by atoms with van der Waals surface area (Å²) in [6.45, 7) is 8.22. The Bertz CT molecular complexity index is 709. The summed E-state index contributed by atoms with van der Waals surface area (Å²) in [4.78, 5) is 37.3. The van der Waals surface area contributed by atoms with E-state index in [0.29, 0.717) is 17.1 Å². The molecule has 27 heavy (non-hydrogen) atoms. The first kappa shape index (κ1) is 22.0. The van der Waals surface area contributed by atoms with E-state index in [4.69, 9.17) is 18.9 Å². The number of methoxy groups -OCH3 is 2. The molecule has 1 aromatic carbocycles. The molecule has 0 aliphatic heterocycles. The van der Waals surface area contributed by atoms with E-state index in [-0.39, 0.29) is 18.8 Å². The minimum atomic E-state index is -2.22. The van der Waals surface area contributed by atoms with Crippen LogP contribution in [0.15, 0.2) is 24.8 Å². The third-order valence-electron chi connectivity index (χ3n) is 3.71. The monoisotopic (exact) mass is 379 g/mol. The number of nitrogens with one attached hydrogen (secondary N) is 1. The van der Waals surface area contributed by atoms with Crippen molar-refractivity contribution in [2.24, 2.45) is 0 Å². The Morgan fingerprint density at radius 3 is 1.93 bits per heavy atom. The molecule has 148 valence electrons. The van der Waals surface area contributed by atoms with Gasteiger partial charge in [-0.05, 0) is 31.5 Å². The summed E-state index contributed by atoms with van der Waals surface area (Å²) >= 11 is 0. The SMILES string of the molecule is C=C(c1ccc(OC)c(OC)c1)C(NC(C)=O)(C(=O)OCC)C(=O)OCC. The highest BCUT2D eigenvalue weighted by atomic mass is 16.6. The van der Waals surface area contributed by atoms with Crippen molar-refractivity contribution in [3.63, 3.8) is 0 Å². The van der Waals surface area contributed by atoms with Gasteiger partial charge in [0.15, 0.2) is 11.5 Å². The van der Waals surface area contributed by atoms with E-state index >= 15 is 0 Å². The molecule has 0 aliphatic carbocycles. The normalized spacial score (nSPS) is 10.6. The van der Waals surface area contributed by atoms with Gasteiger partial charge in [0.25, 0.3) is 5.54 Å². The van der Waals surface area contributed by atoms with Gasteiger partial charge in [-0.3, -0.25) is 4.79 Å². The predicted octanol–water partition coefficient (Wildman–Crippen LogP) is 1.72. The summed E-state index contributed by atoms with van der Waals surface area (Å²) in [5.41, 5.74) is -1.88. The van der Waals surface area contributed by atoms with Crippen molar-refractivity contribution in [3.8, 4) is 11.5 Å². The van der Waals surface area contributed by atoms with Crippen molar-refractivity contribution in [1.82, 2.24) is 5.32 Å². The highest BCUT2D eigenvalue weighted by Gasteiger charge is 2.53. The Hall–Kier alpha value is -3.03. The fourth-order valence-electron chi connectivity index (χ4n) is 2.49. The smallest absolute Gasteiger partial charge is 0.348 e. The van der Waals surface area contributed by atoms with Gasteiger partial charge >= 0.3 is 11.9 Å². The van der Waals surface area contributed by atoms with Crippen LogP contribution < -0.4 is 14.8 Å². The molecule has 1 N–H and O–H groups in total. The zero-order valence-corrected chi connectivity index (χ0v) is 16.2. The van der Waals surface area contributed by atoms with Crippen molar-refractivity contribution in [3.05, 3.63) is 30.3 Å². The topological polar surface area (TPSA) is 100 Å². The molecule has 0 fully saturated rings. The van der Waals surface area contributed by atoms with Crippen molar-refractivity contribution in [2.45, 2.75) is 26.3 Å². The number of ether oxygens (including phenoxy) is 4. The second-order valence-corrected chi connectivity index (χ2v) is 5.42. The quantitative estimate of drug-likeness (QED) is 0.515. The molecule has 0 atom stereocenters. The summed E-state index contributed by atoms with van der Waals surface area (Å²) < 4.78 is 20.5. The number of benzene rings is 1. The standard InChI is InChI=1S/C19H25NO7/c1-7-26-17(22)19(20-13(4)21,18(23)27-8-2)12(3)14-9-10-15(24-5)16(11-14)25-6/h9-11H,3,7-8H2,1-2,4-6H3,(H,20,21). The first-order valence-corrected chi connectivity index (χ1v) is 8.33. The highest BCUT2D eigenvalue weighted by molar-refractivity contribution is 6.19. The minimum absolute atomic E-state index is 0.00120. The summed E-state index contributed by atoms with van der Waals surface area (Å²) in [7, 11) is 2.92. The van der Waals surface area contributed by atoms with Crippen molar-refractivity contribution in [1.29, 1.82) is 0 Å². The third kappa shape index (κ3) is 4.58. The average molecular weight is 379 g/mol. The molecular formula is C19H25NO7. The molecule has 8 nitrogen and oxygen atoms in total. The van der Waals surface area contributed by atoms with Crippen LogP contribution in [-0.2, 0) is 23.9 Å². The van der Waals surface area contributed by atoms with Gasteiger partial charge in [0.1, 0.15) is 0 Å². The van der Waals surface area contributed by atoms with Gasteiger partial charge in [0.05, 0.1) is 27.4 Å². The van der Waals surface area contributed by atoms with E-state index in [2.05, 4.69) is 11.9 Å². The average Bonchev–Trinajstić information content (AvgIpc) is 2.64. The van der Waals surface area contributed by atoms with Crippen molar-refractivity contribution >= 4 is 23.4 Å². The van der Waals surface area contributed by atoms with Crippen molar-refractivity contribution in [2.75, 3.05) is 27.4 Å². The number of amides is 1. The molecule has 0 saturated carbocycles.